The van der Waals surface area contributed by atoms with E-state index in [0.29, 0.717) is 18.7 Å². The topological polar surface area (TPSA) is 58.6 Å². The van der Waals surface area contributed by atoms with Crippen LogP contribution in [0.2, 0.25) is 0 Å². The molecule has 0 aliphatic carbocycles. The van der Waals surface area contributed by atoms with E-state index < -0.39 is 6.04 Å². The van der Waals surface area contributed by atoms with Gasteiger partial charge in [-0.05, 0) is 63.8 Å². The number of nitrogens with zero attached hydrogens (tertiary/aromatic N) is 1. The van der Waals surface area contributed by atoms with E-state index in [1.54, 1.807) is 4.90 Å². The van der Waals surface area contributed by atoms with Crippen LogP contribution in [0.1, 0.15) is 57.7 Å². The molecule has 5 nitrogen and oxygen atoms in total. The molecule has 168 valence electrons. The third kappa shape index (κ3) is 7.74. The lowest BCUT2D eigenvalue weighted by molar-refractivity contribution is -0.143. The van der Waals surface area contributed by atoms with Gasteiger partial charge in [0.15, 0.2) is 6.61 Å². The first-order valence-electron chi connectivity index (χ1n) is 11.0. The molecule has 0 heterocycles. The Morgan fingerprint density at radius 3 is 2.26 bits per heavy atom. The van der Waals surface area contributed by atoms with Crippen LogP contribution in [0.15, 0.2) is 48.5 Å². The smallest absolute Gasteiger partial charge is 0.261 e. The Labute approximate surface area is 186 Å². The number of hydrogen-bond acceptors (Lipinski definition) is 3. The van der Waals surface area contributed by atoms with Crippen molar-refractivity contribution >= 4 is 11.8 Å². The molecule has 5 heteroatoms. The van der Waals surface area contributed by atoms with Crippen molar-refractivity contribution in [1.29, 1.82) is 0 Å². The maximum Gasteiger partial charge on any atom is 0.261 e. The molecular formula is C26H36N2O3. The molecule has 2 aromatic carbocycles. The van der Waals surface area contributed by atoms with Gasteiger partial charge >= 0.3 is 0 Å². The van der Waals surface area contributed by atoms with Crippen LogP contribution in [0.4, 0.5) is 0 Å². The van der Waals surface area contributed by atoms with Crippen molar-refractivity contribution in [1.82, 2.24) is 10.2 Å². The zero-order valence-corrected chi connectivity index (χ0v) is 19.7. The molecule has 1 atom stereocenters. The van der Waals surface area contributed by atoms with E-state index in [1.807, 2.05) is 83.1 Å². The average molecular weight is 425 g/mol. The van der Waals surface area contributed by atoms with Gasteiger partial charge in [0.1, 0.15) is 11.8 Å². The number of ether oxygens (including phenoxy) is 1. The van der Waals surface area contributed by atoms with Gasteiger partial charge in [-0.15, -0.1) is 0 Å². The molecule has 2 aromatic rings. The summed E-state index contributed by atoms with van der Waals surface area (Å²) in [5, 5.41) is 3.02. The van der Waals surface area contributed by atoms with Gasteiger partial charge in [-0.3, -0.25) is 9.59 Å². The van der Waals surface area contributed by atoms with E-state index in [1.165, 1.54) is 5.56 Å². The van der Waals surface area contributed by atoms with Crippen LogP contribution in [0.3, 0.4) is 0 Å². The van der Waals surface area contributed by atoms with Gasteiger partial charge in [0, 0.05) is 12.1 Å². The highest BCUT2D eigenvalue weighted by Gasteiger charge is 2.30. The minimum Gasteiger partial charge on any atom is -0.484 e. The van der Waals surface area contributed by atoms with Gasteiger partial charge in [-0.1, -0.05) is 55.8 Å². The van der Waals surface area contributed by atoms with Crippen molar-refractivity contribution in [3.63, 3.8) is 0 Å². The molecule has 0 radical (unpaired) electrons. The minimum absolute atomic E-state index is 0.114. The lowest BCUT2D eigenvalue weighted by atomic mass is 10.1. The van der Waals surface area contributed by atoms with Gasteiger partial charge in [-0.25, -0.2) is 0 Å². The summed E-state index contributed by atoms with van der Waals surface area (Å²) < 4.78 is 5.76. The summed E-state index contributed by atoms with van der Waals surface area (Å²) in [5.74, 6) is 0.286. The predicted molar refractivity (Wildman–Crippen MR) is 125 cm³/mol. The van der Waals surface area contributed by atoms with Crippen LogP contribution in [-0.2, 0) is 22.6 Å². The zero-order chi connectivity index (χ0) is 23.0. The van der Waals surface area contributed by atoms with E-state index in [9.17, 15) is 9.59 Å². The SMILES string of the molecule is CCc1ccc(OCC(=O)N(Cc2cccc(C)c2)C(CC)C(=O)NC(C)(C)C)cc1. The number of carbonyl (C=O) groups excluding carboxylic acids is 2. The van der Waals surface area contributed by atoms with Gasteiger partial charge in [0.05, 0.1) is 0 Å². The molecule has 2 rings (SSSR count). The van der Waals surface area contributed by atoms with Gasteiger partial charge in [0.2, 0.25) is 5.91 Å². The second-order valence-corrected chi connectivity index (χ2v) is 8.96. The summed E-state index contributed by atoms with van der Waals surface area (Å²) in [6, 6.07) is 15.2. The van der Waals surface area contributed by atoms with Crippen LogP contribution in [-0.4, -0.2) is 34.9 Å². The molecule has 2 amide bonds. The normalized spacial score (nSPS) is 12.2. The Kier molecular flexibility index (Phi) is 8.66. The molecule has 1 N–H and O–H groups in total. The molecular weight excluding hydrogens is 388 g/mol. The third-order valence-corrected chi connectivity index (χ3v) is 5.01. The Bertz CT molecular complexity index is 869. The summed E-state index contributed by atoms with van der Waals surface area (Å²) >= 11 is 0. The number of amides is 2. The first-order chi connectivity index (χ1) is 14.6. The fourth-order valence-electron chi connectivity index (χ4n) is 3.43. The highest BCUT2D eigenvalue weighted by molar-refractivity contribution is 5.88. The zero-order valence-electron chi connectivity index (χ0n) is 19.7. The van der Waals surface area contributed by atoms with E-state index in [2.05, 4.69) is 12.2 Å². The second kappa shape index (κ2) is 11.0. The second-order valence-electron chi connectivity index (χ2n) is 8.96. The summed E-state index contributed by atoms with van der Waals surface area (Å²) in [6.45, 7) is 12.1. The Balaban J connectivity index is 2.21. The van der Waals surface area contributed by atoms with Crippen molar-refractivity contribution in [2.75, 3.05) is 6.61 Å². The molecule has 0 saturated carbocycles. The average Bonchev–Trinajstić information content (AvgIpc) is 2.71. The van der Waals surface area contributed by atoms with Gasteiger partial charge in [-0.2, -0.15) is 0 Å². The third-order valence-electron chi connectivity index (χ3n) is 5.01. The molecule has 31 heavy (non-hydrogen) atoms. The predicted octanol–water partition coefficient (Wildman–Crippen LogP) is 4.66. The Morgan fingerprint density at radius 1 is 1.03 bits per heavy atom. The van der Waals surface area contributed by atoms with Crippen molar-refractivity contribution in [3.8, 4) is 5.75 Å². The first kappa shape index (κ1) is 24.4. The summed E-state index contributed by atoms with van der Waals surface area (Å²) in [6.07, 6.45) is 1.47. The maximum atomic E-state index is 13.2. The Morgan fingerprint density at radius 2 is 1.71 bits per heavy atom. The highest BCUT2D eigenvalue weighted by Crippen LogP contribution is 2.17. The monoisotopic (exact) mass is 424 g/mol. The molecule has 0 fully saturated rings. The largest absolute Gasteiger partial charge is 0.484 e. The number of hydrogen-bond donors (Lipinski definition) is 1. The Hall–Kier alpha value is -2.82. The van der Waals surface area contributed by atoms with Crippen molar-refractivity contribution in [2.45, 2.75) is 72.5 Å². The maximum absolute atomic E-state index is 13.2. The van der Waals surface area contributed by atoms with Crippen LogP contribution in [0, 0.1) is 6.92 Å². The van der Waals surface area contributed by atoms with E-state index in [4.69, 9.17) is 4.74 Å². The molecule has 0 aliphatic rings. The van der Waals surface area contributed by atoms with Gasteiger partial charge in [0.25, 0.3) is 5.91 Å². The van der Waals surface area contributed by atoms with Crippen molar-refractivity contribution < 1.29 is 14.3 Å². The van der Waals surface area contributed by atoms with Crippen LogP contribution in [0.5, 0.6) is 5.75 Å². The number of rotatable bonds is 9. The van der Waals surface area contributed by atoms with Crippen LogP contribution in [0.25, 0.3) is 0 Å². The fraction of sp³-hybridized carbons (Fsp3) is 0.462. The highest BCUT2D eigenvalue weighted by atomic mass is 16.5. The molecule has 1 unspecified atom stereocenters. The van der Waals surface area contributed by atoms with Crippen molar-refractivity contribution in [3.05, 3.63) is 65.2 Å². The quantitative estimate of drug-likeness (QED) is 0.637. The molecule has 0 aromatic heterocycles. The minimum atomic E-state index is -0.571. The standard InChI is InChI=1S/C26H36N2O3/c1-7-20-12-14-22(15-13-20)31-18-24(29)28(17-21-11-9-10-19(3)16-21)23(8-2)25(30)27-26(4,5)6/h9-16,23H,7-8,17-18H2,1-6H3,(H,27,30). The molecule has 0 aliphatic heterocycles. The van der Waals surface area contributed by atoms with Gasteiger partial charge < -0.3 is 15.0 Å². The van der Waals surface area contributed by atoms with E-state index in [-0.39, 0.29) is 24.0 Å². The number of benzene rings is 2. The van der Waals surface area contributed by atoms with Crippen LogP contribution >= 0.6 is 0 Å². The molecule has 0 spiro atoms. The lowest BCUT2D eigenvalue weighted by Gasteiger charge is -2.33. The number of nitrogens with one attached hydrogen (secondary N) is 1. The van der Waals surface area contributed by atoms with E-state index >= 15 is 0 Å². The summed E-state index contributed by atoms with van der Waals surface area (Å²) in [7, 11) is 0. The lowest BCUT2D eigenvalue weighted by Crippen LogP contribution is -2.54. The number of carbonyl (C=O) groups is 2. The fourth-order valence-corrected chi connectivity index (χ4v) is 3.43. The van der Waals surface area contributed by atoms with Crippen LogP contribution < -0.4 is 10.1 Å². The number of aryl methyl sites for hydroxylation is 2. The van der Waals surface area contributed by atoms with E-state index in [0.717, 1.165) is 17.5 Å². The summed E-state index contributed by atoms with van der Waals surface area (Å²) in [4.78, 5) is 27.8. The molecule has 0 bridgehead atoms. The van der Waals surface area contributed by atoms with Crippen molar-refractivity contribution in [2.24, 2.45) is 0 Å². The molecule has 0 saturated heterocycles. The first-order valence-corrected chi connectivity index (χ1v) is 11.0. The summed E-state index contributed by atoms with van der Waals surface area (Å²) in [5.41, 5.74) is 2.94.